The van der Waals surface area contributed by atoms with Crippen molar-refractivity contribution in [2.24, 2.45) is 28.6 Å². The number of fused-ring (bicyclic) bond motifs is 6. The first-order valence-electron chi connectivity index (χ1n) is 11.3. The second kappa shape index (κ2) is 5.85. The predicted octanol–water partition coefficient (Wildman–Crippen LogP) is 4.05. The van der Waals surface area contributed by atoms with Gasteiger partial charge in [0.25, 0.3) is 0 Å². The summed E-state index contributed by atoms with van der Waals surface area (Å²) in [5.41, 5.74) is 1.60. The molecule has 2 unspecified atom stereocenters. The molecule has 0 aromatic rings. The van der Waals surface area contributed by atoms with Crippen LogP contribution >= 0.6 is 0 Å². The molecule has 0 N–H and O–H groups in total. The van der Waals surface area contributed by atoms with Crippen LogP contribution in [0.1, 0.15) is 58.3 Å². The Hall–Kier alpha value is -0.860. The van der Waals surface area contributed by atoms with Crippen LogP contribution in [0.4, 0.5) is 0 Å². The monoisotopic (exact) mass is 384 g/mol. The molecule has 2 aliphatic heterocycles. The van der Waals surface area contributed by atoms with Gasteiger partial charge in [0.1, 0.15) is 0 Å². The minimum Gasteiger partial charge on any atom is -0.347 e. The van der Waals surface area contributed by atoms with Crippen molar-refractivity contribution < 1.29 is 18.9 Å². The molecule has 0 aromatic carbocycles. The average molecular weight is 385 g/mol. The zero-order chi connectivity index (χ0) is 19.0. The van der Waals surface area contributed by atoms with Crippen LogP contribution in [0.3, 0.4) is 0 Å². The van der Waals surface area contributed by atoms with Crippen molar-refractivity contribution in [3.05, 3.63) is 11.6 Å². The lowest BCUT2D eigenvalue weighted by molar-refractivity contribution is -0.229. The van der Waals surface area contributed by atoms with E-state index in [-0.39, 0.29) is 16.6 Å². The first-order chi connectivity index (χ1) is 13.6. The molecule has 2 saturated heterocycles. The van der Waals surface area contributed by atoms with Crippen molar-refractivity contribution in [2.45, 2.75) is 69.9 Å². The summed E-state index contributed by atoms with van der Waals surface area (Å²) in [7, 11) is 0. The third-order valence-corrected chi connectivity index (χ3v) is 9.48. The van der Waals surface area contributed by atoms with Gasteiger partial charge in [0.15, 0.2) is 11.6 Å². The van der Waals surface area contributed by atoms with Crippen LogP contribution in [-0.2, 0) is 18.9 Å². The summed E-state index contributed by atoms with van der Waals surface area (Å²) >= 11 is 0. The molecule has 3 saturated carbocycles. The second-order valence-corrected chi connectivity index (χ2v) is 10.2. The number of ether oxygens (including phenoxy) is 4. The van der Waals surface area contributed by atoms with Crippen molar-refractivity contribution >= 4 is 0 Å². The first kappa shape index (κ1) is 18.0. The van der Waals surface area contributed by atoms with Crippen LogP contribution in [0.25, 0.3) is 0 Å². The number of allylic oxidation sites excluding steroid dienone is 1. The molecule has 6 aliphatic rings. The molecule has 0 radical (unpaired) electrons. The van der Waals surface area contributed by atoms with Crippen molar-refractivity contribution in [3.63, 3.8) is 0 Å². The third kappa shape index (κ3) is 2.07. The molecular weight excluding hydrogens is 352 g/mol. The maximum Gasteiger partial charge on any atom is 0.185 e. The molecule has 2 spiro atoms. The lowest BCUT2D eigenvalue weighted by Gasteiger charge is -2.59. The highest BCUT2D eigenvalue weighted by atomic mass is 16.7. The zero-order valence-corrected chi connectivity index (χ0v) is 17.0. The number of terminal acetylenes is 1. The number of rotatable bonds is 0. The highest BCUT2D eigenvalue weighted by Gasteiger charge is 2.68. The van der Waals surface area contributed by atoms with Crippen molar-refractivity contribution in [1.29, 1.82) is 0 Å². The molecule has 6 rings (SSSR count). The Morgan fingerprint density at radius 2 is 1.64 bits per heavy atom. The van der Waals surface area contributed by atoms with E-state index in [0.717, 1.165) is 58.2 Å². The summed E-state index contributed by atoms with van der Waals surface area (Å²) in [4.78, 5) is 0. The van der Waals surface area contributed by atoms with Gasteiger partial charge in [-0.2, -0.15) is 0 Å². The lowest BCUT2D eigenvalue weighted by Crippen LogP contribution is -2.56. The molecule has 5 atom stereocenters. The zero-order valence-electron chi connectivity index (χ0n) is 17.0. The van der Waals surface area contributed by atoms with E-state index in [1.165, 1.54) is 6.42 Å². The van der Waals surface area contributed by atoms with Crippen LogP contribution in [0.15, 0.2) is 11.6 Å². The predicted molar refractivity (Wildman–Crippen MR) is 104 cm³/mol. The van der Waals surface area contributed by atoms with Gasteiger partial charge in [-0.05, 0) is 55.3 Å². The first-order valence-corrected chi connectivity index (χ1v) is 11.3. The van der Waals surface area contributed by atoms with Crippen molar-refractivity contribution in [2.75, 3.05) is 26.4 Å². The molecule has 0 amide bonds. The van der Waals surface area contributed by atoms with Gasteiger partial charge < -0.3 is 18.9 Å². The molecule has 0 bridgehead atoms. The fraction of sp³-hybridized carbons (Fsp3) is 0.833. The number of hydrogen-bond acceptors (Lipinski definition) is 4. The van der Waals surface area contributed by atoms with Crippen molar-refractivity contribution in [1.82, 2.24) is 0 Å². The van der Waals surface area contributed by atoms with Crippen LogP contribution in [0, 0.1) is 40.9 Å². The smallest absolute Gasteiger partial charge is 0.185 e. The van der Waals surface area contributed by atoms with Gasteiger partial charge in [-0.3, -0.25) is 0 Å². The largest absolute Gasteiger partial charge is 0.347 e. The van der Waals surface area contributed by atoms with E-state index in [2.05, 4.69) is 18.9 Å². The highest BCUT2D eigenvalue weighted by molar-refractivity contribution is 5.30. The SMILES string of the molecule is C#CC12CC[C@H]3[C@@H](CC=C4CC5(CCC43C)OCCO5)[C@@H]1CCC21OCCO1. The Bertz CT molecular complexity index is 738. The molecule has 152 valence electrons. The van der Waals surface area contributed by atoms with Crippen LogP contribution in [0.5, 0.6) is 0 Å². The van der Waals surface area contributed by atoms with E-state index < -0.39 is 5.79 Å². The highest BCUT2D eigenvalue weighted by Crippen LogP contribution is 2.69. The molecule has 5 fully saturated rings. The van der Waals surface area contributed by atoms with Gasteiger partial charge in [0, 0.05) is 19.3 Å². The maximum absolute atomic E-state index is 6.24. The molecule has 28 heavy (non-hydrogen) atoms. The summed E-state index contributed by atoms with van der Waals surface area (Å²) in [5, 5.41) is 0. The molecule has 0 aromatic heterocycles. The molecular formula is C24H32O4. The van der Waals surface area contributed by atoms with Gasteiger partial charge >= 0.3 is 0 Å². The topological polar surface area (TPSA) is 36.9 Å². The van der Waals surface area contributed by atoms with Crippen LogP contribution < -0.4 is 0 Å². The van der Waals surface area contributed by atoms with Crippen LogP contribution in [0.2, 0.25) is 0 Å². The van der Waals surface area contributed by atoms with Gasteiger partial charge in [-0.25, -0.2) is 0 Å². The minimum absolute atomic E-state index is 0.236. The number of hydrogen-bond donors (Lipinski definition) is 0. The Kier molecular flexibility index (Phi) is 3.75. The van der Waals surface area contributed by atoms with Gasteiger partial charge in [0.2, 0.25) is 0 Å². The van der Waals surface area contributed by atoms with E-state index in [0.29, 0.717) is 31.0 Å². The van der Waals surface area contributed by atoms with Gasteiger partial charge in [-0.1, -0.05) is 24.5 Å². The molecule has 4 heteroatoms. The van der Waals surface area contributed by atoms with E-state index >= 15 is 0 Å². The lowest BCUT2D eigenvalue weighted by atomic mass is 9.47. The molecule has 4 aliphatic carbocycles. The summed E-state index contributed by atoms with van der Waals surface area (Å²) in [6.07, 6.45) is 17.4. The van der Waals surface area contributed by atoms with Gasteiger partial charge in [0.05, 0.1) is 31.8 Å². The summed E-state index contributed by atoms with van der Waals surface area (Å²) < 4.78 is 24.6. The molecule has 2 heterocycles. The van der Waals surface area contributed by atoms with Gasteiger partial charge in [-0.15, -0.1) is 6.42 Å². The van der Waals surface area contributed by atoms with Crippen LogP contribution in [-0.4, -0.2) is 38.0 Å². The van der Waals surface area contributed by atoms with E-state index in [1.807, 2.05) is 0 Å². The Balaban J connectivity index is 1.34. The quantitative estimate of drug-likeness (QED) is 0.466. The summed E-state index contributed by atoms with van der Waals surface area (Å²) in [6, 6.07) is 0. The minimum atomic E-state index is -0.509. The van der Waals surface area contributed by atoms with E-state index in [9.17, 15) is 0 Å². The van der Waals surface area contributed by atoms with E-state index in [1.54, 1.807) is 5.57 Å². The Labute approximate surface area is 168 Å². The second-order valence-electron chi connectivity index (χ2n) is 10.2. The Morgan fingerprint density at radius 1 is 0.929 bits per heavy atom. The Morgan fingerprint density at radius 3 is 2.39 bits per heavy atom. The molecule has 4 nitrogen and oxygen atoms in total. The fourth-order valence-corrected chi connectivity index (χ4v) is 8.14. The third-order valence-electron chi connectivity index (χ3n) is 9.48. The van der Waals surface area contributed by atoms with Crippen molar-refractivity contribution in [3.8, 4) is 12.3 Å². The normalized spacial score (nSPS) is 48.0. The van der Waals surface area contributed by atoms with E-state index in [4.69, 9.17) is 25.4 Å². The summed E-state index contributed by atoms with van der Waals surface area (Å²) in [5.74, 6) is 4.27. The standard InChI is InChI=1S/C24H32O4/c1-3-22-8-6-19-18(20(22)7-9-24(22)27-14-15-28-24)5-4-17-16-23(25-12-13-26-23)11-10-21(17,19)2/h1,4,18-20H,5-16H2,2H3/t18-,19+,20+,21?,22?/m1/s1. The average Bonchev–Trinajstić information content (AvgIpc) is 3.44. The fourth-order valence-electron chi connectivity index (χ4n) is 8.14. The maximum atomic E-state index is 6.24. The summed E-state index contributed by atoms with van der Waals surface area (Å²) in [6.45, 7) is 5.37.